The van der Waals surface area contributed by atoms with Crippen molar-refractivity contribution in [1.29, 1.82) is 0 Å². The van der Waals surface area contributed by atoms with Gasteiger partial charge in [-0.05, 0) is 46.0 Å². The van der Waals surface area contributed by atoms with Gasteiger partial charge < -0.3 is 9.80 Å². The van der Waals surface area contributed by atoms with Crippen molar-refractivity contribution in [2.75, 3.05) is 26.7 Å². The van der Waals surface area contributed by atoms with Crippen molar-refractivity contribution in [3.8, 4) is 11.3 Å². The summed E-state index contributed by atoms with van der Waals surface area (Å²) in [5.74, 6) is 0.133. The molecule has 2 aromatic rings. The van der Waals surface area contributed by atoms with Gasteiger partial charge in [-0.2, -0.15) is 0 Å². The van der Waals surface area contributed by atoms with Crippen LogP contribution in [0, 0.1) is 6.92 Å². The Hall–Kier alpha value is -1.72. The summed E-state index contributed by atoms with van der Waals surface area (Å²) in [6, 6.07) is 8.17. The Morgan fingerprint density at radius 1 is 1.39 bits per heavy atom. The van der Waals surface area contributed by atoms with Crippen LogP contribution in [0.1, 0.15) is 28.7 Å². The highest BCUT2D eigenvalue weighted by Gasteiger charge is 2.28. The molecule has 1 unspecified atom stereocenters. The molecule has 5 heteroatoms. The number of carbonyl (C=O) groups is 1. The molecule has 1 fully saturated rings. The highest BCUT2D eigenvalue weighted by atomic mass is 32.1. The fourth-order valence-corrected chi connectivity index (χ4v) is 3.80. The van der Waals surface area contributed by atoms with Gasteiger partial charge in [-0.15, -0.1) is 11.3 Å². The van der Waals surface area contributed by atoms with E-state index < -0.39 is 0 Å². The van der Waals surface area contributed by atoms with E-state index in [9.17, 15) is 4.79 Å². The summed E-state index contributed by atoms with van der Waals surface area (Å²) >= 11 is 1.64. The third kappa shape index (κ3) is 3.46. The molecular weight excluding hydrogens is 306 g/mol. The van der Waals surface area contributed by atoms with E-state index in [2.05, 4.69) is 29.2 Å². The van der Waals surface area contributed by atoms with Crippen LogP contribution < -0.4 is 0 Å². The first-order chi connectivity index (χ1) is 11.1. The molecule has 0 saturated carbocycles. The van der Waals surface area contributed by atoms with Crippen LogP contribution in [0.25, 0.3) is 11.3 Å². The van der Waals surface area contributed by atoms with Gasteiger partial charge in [0.05, 0.1) is 10.7 Å². The second-order valence-corrected chi connectivity index (χ2v) is 7.19. The van der Waals surface area contributed by atoms with Crippen molar-refractivity contribution in [3.05, 3.63) is 40.2 Å². The van der Waals surface area contributed by atoms with E-state index in [0.717, 1.165) is 47.9 Å². The molecule has 0 radical (unpaired) electrons. The Morgan fingerprint density at radius 3 is 2.65 bits per heavy atom. The van der Waals surface area contributed by atoms with E-state index in [4.69, 9.17) is 0 Å². The molecule has 122 valence electrons. The third-order valence-corrected chi connectivity index (χ3v) is 5.23. The average molecular weight is 329 g/mol. The van der Waals surface area contributed by atoms with Gasteiger partial charge in [-0.25, -0.2) is 4.98 Å². The lowest BCUT2D eigenvalue weighted by molar-refractivity contribution is 0.0696. The molecule has 2 heterocycles. The number of likely N-dealkylation sites (N-methyl/N-ethyl adjacent to an activating group) is 2. The first-order valence-electron chi connectivity index (χ1n) is 8.10. The second kappa shape index (κ2) is 6.81. The number of carbonyl (C=O) groups excluding carboxylic acids is 1. The molecule has 0 aliphatic carbocycles. The van der Waals surface area contributed by atoms with Gasteiger partial charge in [-0.1, -0.05) is 12.1 Å². The van der Waals surface area contributed by atoms with Gasteiger partial charge in [-0.3, -0.25) is 4.79 Å². The smallest absolute Gasteiger partial charge is 0.254 e. The summed E-state index contributed by atoms with van der Waals surface area (Å²) in [4.78, 5) is 21.6. The largest absolute Gasteiger partial charge is 0.335 e. The maximum absolute atomic E-state index is 12.8. The normalized spacial score (nSPS) is 18.3. The third-order valence-electron chi connectivity index (χ3n) is 4.46. The molecule has 1 amide bonds. The van der Waals surface area contributed by atoms with Gasteiger partial charge in [0.2, 0.25) is 0 Å². The van der Waals surface area contributed by atoms with E-state index in [0.29, 0.717) is 6.04 Å². The number of benzene rings is 1. The van der Waals surface area contributed by atoms with Crippen molar-refractivity contribution in [3.63, 3.8) is 0 Å². The van der Waals surface area contributed by atoms with Crippen LogP contribution in [-0.2, 0) is 0 Å². The number of aromatic nitrogens is 1. The van der Waals surface area contributed by atoms with Gasteiger partial charge in [0.1, 0.15) is 0 Å². The lowest BCUT2D eigenvalue weighted by Gasteiger charge is -2.27. The zero-order valence-corrected chi connectivity index (χ0v) is 14.8. The van der Waals surface area contributed by atoms with E-state index in [1.54, 1.807) is 11.3 Å². The quantitative estimate of drug-likeness (QED) is 0.864. The summed E-state index contributed by atoms with van der Waals surface area (Å²) < 4.78 is 0. The monoisotopic (exact) mass is 329 g/mol. The van der Waals surface area contributed by atoms with Crippen LogP contribution in [-0.4, -0.2) is 53.4 Å². The molecule has 1 aromatic carbocycles. The summed E-state index contributed by atoms with van der Waals surface area (Å²) in [5.41, 5.74) is 2.81. The predicted molar refractivity (Wildman–Crippen MR) is 94.9 cm³/mol. The zero-order valence-electron chi connectivity index (χ0n) is 14.0. The topological polar surface area (TPSA) is 36.4 Å². The molecule has 0 N–H and O–H groups in total. The highest BCUT2D eigenvalue weighted by molar-refractivity contribution is 7.09. The maximum Gasteiger partial charge on any atom is 0.254 e. The molecule has 1 atom stereocenters. The van der Waals surface area contributed by atoms with Crippen LogP contribution in [0.5, 0.6) is 0 Å². The molecule has 1 saturated heterocycles. The minimum Gasteiger partial charge on any atom is -0.335 e. The van der Waals surface area contributed by atoms with Crippen molar-refractivity contribution < 1.29 is 4.79 Å². The van der Waals surface area contributed by atoms with E-state index >= 15 is 0 Å². The van der Waals surface area contributed by atoms with Gasteiger partial charge in [0.25, 0.3) is 5.91 Å². The molecule has 4 nitrogen and oxygen atoms in total. The highest BCUT2D eigenvalue weighted by Crippen LogP contribution is 2.23. The number of hydrogen-bond donors (Lipinski definition) is 0. The Labute approximate surface area is 141 Å². The molecule has 1 aromatic heterocycles. The summed E-state index contributed by atoms with van der Waals surface area (Å²) in [5, 5.41) is 3.11. The summed E-state index contributed by atoms with van der Waals surface area (Å²) in [6.07, 6.45) is 1.06. The fraction of sp³-hybridized carbons (Fsp3) is 0.444. The Bertz CT molecular complexity index is 680. The van der Waals surface area contributed by atoms with Crippen LogP contribution in [0.15, 0.2) is 29.6 Å². The Morgan fingerprint density at radius 2 is 2.13 bits per heavy atom. The first-order valence-corrected chi connectivity index (χ1v) is 8.98. The molecule has 3 rings (SSSR count). The minimum atomic E-state index is 0.133. The summed E-state index contributed by atoms with van der Waals surface area (Å²) in [6.45, 7) is 6.85. The maximum atomic E-state index is 12.8. The molecule has 1 aliphatic heterocycles. The Kier molecular flexibility index (Phi) is 4.78. The standard InChI is InChI=1S/C18H23N3OS/c1-4-21(16-9-10-20(3)11-16)18(22)15-7-5-14(6-8-15)17-12-23-13(2)19-17/h5-8,12,16H,4,9-11H2,1-3H3. The van der Waals surface area contributed by atoms with Crippen LogP contribution in [0.2, 0.25) is 0 Å². The van der Waals surface area contributed by atoms with Gasteiger partial charge >= 0.3 is 0 Å². The van der Waals surface area contributed by atoms with Crippen molar-refractivity contribution >= 4 is 17.2 Å². The number of likely N-dealkylation sites (tertiary alicyclic amines) is 1. The van der Waals surface area contributed by atoms with E-state index in [1.165, 1.54) is 0 Å². The van der Waals surface area contributed by atoms with Crippen molar-refractivity contribution in [2.45, 2.75) is 26.3 Å². The van der Waals surface area contributed by atoms with Gasteiger partial charge in [0.15, 0.2) is 0 Å². The summed E-state index contributed by atoms with van der Waals surface area (Å²) in [7, 11) is 2.11. The van der Waals surface area contributed by atoms with Gasteiger partial charge in [0, 0.05) is 35.6 Å². The average Bonchev–Trinajstić information content (AvgIpc) is 3.17. The Balaban J connectivity index is 1.76. The first kappa shape index (κ1) is 16.1. The van der Waals surface area contributed by atoms with Crippen molar-refractivity contribution in [2.24, 2.45) is 0 Å². The molecule has 0 bridgehead atoms. The molecule has 23 heavy (non-hydrogen) atoms. The lowest BCUT2D eigenvalue weighted by Crippen LogP contribution is -2.41. The number of rotatable bonds is 4. The minimum absolute atomic E-state index is 0.133. The van der Waals surface area contributed by atoms with Crippen LogP contribution in [0.4, 0.5) is 0 Å². The fourth-order valence-electron chi connectivity index (χ4n) is 3.18. The number of aryl methyl sites for hydroxylation is 1. The number of hydrogen-bond acceptors (Lipinski definition) is 4. The molecule has 0 spiro atoms. The second-order valence-electron chi connectivity index (χ2n) is 6.13. The van der Waals surface area contributed by atoms with Crippen LogP contribution in [0.3, 0.4) is 0 Å². The number of amides is 1. The zero-order chi connectivity index (χ0) is 16.4. The number of nitrogens with zero attached hydrogens (tertiary/aromatic N) is 3. The SMILES string of the molecule is CCN(C(=O)c1ccc(-c2csc(C)n2)cc1)C1CCN(C)C1. The molecule has 1 aliphatic rings. The van der Waals surface area contributed by atoms with Crippen molar-refractivity contribution in [1.82, 2.24) is 14.8 Å². The predicted octanol–water partition coefficient (Wildman–Crippen LogP) is 3.28. The van der Waals surface area contributed by atoms with E-state index in [-0.39, 0.29) is 5.91 Å². The number of thiazole rings is 1. The molecular formula is C18H23N3OS. The van der Waals surface area contributed by atoms with E-state index in [1.807, 2.05) is 36.1 Å². The lowest BCUT2D eigenvalue weighted by atomic mass is 10.1. The van der Waals surface area contributed by atoms with Crippen LogP contribution >= 0.6 is 11.3 Å².